The first-order chi connectivity index (χ1) is 8.29. The highest BCUT2D eigenvalue weighted by Crippen LogP contribution is 2.50. The summed E-state index contributed by atoms with van der Waals surface area (Å²) in [7, 11) is 0. The van der Waals surface area contributed by atoms with Gasteiger partial charge < -0.3 is 4.90 Å². The van der Waals surface area contributed by atoms with E-state index in [-0.39, 0.29) is 0 Å². The van der Waals surface area contributed by atoms with Gasteiger partial charge in [-0.05, 0) is 31.1 Å². The Labute approximate surface area is 106 Å². The molecule has 0 aromatic heterocycles. The Morgan fingerprint density at radius 2 is 1.71 bits per heavy atom. The van der Waals surface area contributed by atoms with Crippen molar-refractivity contribution in [2.45, 2.75) is 71.3 Å². The Morgan fingerprint density at radius 1 is 1.12 bits per heavy atom. The molecule has 0 radical (unpaired) electrons. The van der Waals surface area contributed by atoms with Gasteiger partial charge in [0.05, 0.1) is 0 Å². The van der Waals surface area contributed by atoms with E-state index in [2.05, 4.69) is 18.7 Å². The Balaban J connectivity index is 1.87. The quantitative estimate of drug-likeness (QED) is 0.662. The van der Waals surface area contributed by atoms with Gasteiger partial charge in [0, 0.05) is 19.0 Å². The molecule has 2 heteroatoms. The molecule has 2 fully saturated rings. The van der Waals surface area contributed by atoms with Crippen LogP contribution in [0, 0.1) is 11.8 Å². The third-order valence-electron chi connectivity index (χ3n) is 4.54. The molecular formula is C15H27NO. The summed E-state index contributed by atoms with van der Waals surface area (Å²) in [5.41, 5.74) is 0. The zero-order valence-corrected chi connectivity index (χ0v) is 11.5. The molecule has 2 aliphatic rings. The smallest absolute Gasteiger partial charge is 0.222 e. The van der Waals surface area contributed by atoms with Crippen LogP contribution in [0.5, 0.6) is 0 Å². The molecule has 1 amide bonds. The molecule has 1 saturated carbocycles. The third kappa shape index (κ3) is 2.83. The van der Waals surface area contributed by atoms with Crippen molar-refractivity contribution in [2.75, 3.05) is 6.54 Å². The topological polar surface area (TPSA) is 20.3 Å². The summed E-state index contributed by atoms with van der Waals surface area (Å²) in [6.45, 7) is 5.56. The van der Waals surface area contributed by atoms with E-state index in [0.717, 1.165) is 31.2 Å². The summed E-state index contributed by atoms with van der Waals surface area (Å²) < 4.78 is 0. The molecular weight excluding hydrogens is 210 g/mol. The predicted molar refractivity (Wildman–Crippen MR) is 70.8 cm³/mol. The van der Waals surface area contributed by atoms with Crippen molar-refractivity contribution in [2.24, 2.45) is 11.8 Å². The highest BCUT2D eigenvalue weighted by Gasteiger charge is 2.53. The Hall–Kier alpha value is -0.530. The molecule has 1 aliphatic carbocycles. The average molecular weight is 237 g/mol. The highest BCUT2D eigenvalue weighted by atomic mass is 16.2. The summed E-state index contributed by atoms with van der Waals surface area (Å²) >= 11 is 0. The van der Waals surface area contributed by atoms with Gasteiger partial charge in [-0.1, -0.05) is 39.5 Å². The zero-order chi connectivity index (χ0) is 12.3. The second-order valence-corrected chi connectivity index (χ2v) is 5.79. The van der Waals surface area contributed by atoms with Gasteiger partial charge in [0.2, 0.25) is 5.91 Å². The van der Waals surface area contributed by atoms with Gasteiger partial charge in [0.25, 0.3) is 0 Å². The summed E-state index contributed by atoms with van der Waals surface area (Å²) in [6, 6.07) is 0.628. The number of amides is 1. The number of unbranched alkanes of at least 4 members (excludes halogenated alkanes) is 2. The van der Waals surface area contributed by atoms with Crippen LogP contribution in [0.3, 0.4) is 0 Å². The van der Waals surface area contributed by atoms with Crippen molar-refractivity contribution < 1.29 is 4.79 Å². The van der Waals surface area contributed by atoms with Crippen LogP contribution < -0.4 is 0 Å². The van der Waals surface area contributed by atoms with E-state index in [9.17, 15) is 4.79 Å². The van der Waals surface area contributed by atoms with Crippen LogP contribution in [-0.4, -0.2) is 23.4 Å². The summed E-state index contributed by atoms with van der Waals surface area (Å²) in [4.78, 5) is 14.0. The molecule has 1 heterocycles. The molecule has 0 bridgehead atoms. The van der Waals surface area contributed by atoms with Crippen LogP contribution in [-0.2, 0) is 4.79 Å². The lowest BCUT2D eigenvalue weighted by Gasteiger charge is -2.16. The van der Waals surface area contributed by atoms with Gasteiger partial charge in [0.15, 0.2) is 0 Å². The zero-order valence-electron chi connectivity index (χ0n) is 11.5. The number of hydrogen-bond donors (Lipinski definition) is 0. The maximum absolute atomic E-state index is 11.8. The summed E-state index contributed by atoms with van der Waals surface area (Å²) in [6.07, 6.45) is 9.85. The minimum absolute atomic E-state index is 0.426. The summed E-state index contributed by atoms with van der Waals surface area (Å²) in [5.74, 6) is 2.10. The van der Waals surface area contributed by atoms with E-state index in [1.807, 2.05) is 0 Å². The number of likely N-dealkylation sites (tertiary alicyclic amines) is 1. The van der Waals surface area contributed by atoms with E-state index in [1.165, 1.54) is 38.5 Å². The molecule has 98 valence electrons. The number of rotatable bonds is 7. The molecule has 3 atom stereocenters. The maximum Gasteiger partial charge on any atom is 0.222 e. The van der Waals surface area contributed by atoms with E-state index < -0.39 is 0 Å². The van der Waals surface area contributed by atoms with Crippen LogP contribution in [0.4, 0.5) is 0 Å². The van der Waals surface area contributed by atoms with Crippen molar-refractivity contribution in [1.29, 1.82) is 0 Å². The lowest BCUT2D eigenvalue weighted by atomic mass is 10.1. The van der Waals surface area contributed by atoms with E-state index >= 15 is 0 Å². The van der Waals surface area contributed by atoms with Crippen molar-refractivity contribution in [1.82, 2.24) is 4.90 Å². The number of carbonyl (C=O) groups is 1. The molecule has 0 aromatic rings. The number of carbonyl (C=O) groups excluding carboxylic acids is 1. The van der Waals surface area contributed by atoms with Crippen LogP contribution in [0.25, 0.3) is 0 Å². The predicted octanol–water partition coefficient (Wildman–Crippen LogP) is 3.60. The molecule has 2 rings (SSSR count). The van der Waals surface area contributed by atoms with Crippen LogP contribution in [0.15, 0.2) is 0 Å². The van der Waals surface area contributed by atoms with Crippen molar-refractivity contribution >= 4 is 5.91 Å². The fourth-order valence-electron chi connectivity index (χ4n) is 3.52. The monoisotopic (exact) mass is 237 g/mol. The van der Waals surface area contributed by atoms with E-state index in [0.29, 0.717) is 11.9 Å². The van der Waals surface area contributed by atoms with Gasteiger partial charge in [0.1, 0.15) is 0 Å². The standard InChI is InChI=1S/C15H27NO/c1-3-5-8-12-13(9-6-4-2)15(12)16-11-7-10-14(16)17/h12-13,15H,3-11H2,1-2H3/t12-,13+,15?. The van der Waals surface area contributed by atoms with Gasteiger partial charge >= 0.3 is 0 Å². The van der Waals surface area contributed by atoms with Crippen LogP contribution in [0.2, 0.25) is 0 Å². The maximum atomic E-state index is 11.8. The minimum Gasteiger partial charge on any atom is -0.339 e. The van der Waals surface area contributed by atoms with Crippen molar-refractivity contribution in [3.8, 4) is 0 Å². The molecule has 0 spiro atoms. The molecule has 1 saturated heterocycles. The van der Waals surface area contributed by atoms with Crippen LogP contribution >= 0.6 is 0 Å². The highest BCUT2D eigenvalue weighted by molar-refractivity contribution is 5.78. The normalized spacial score (nSPS) is 32.2. The Morgan fingerprint density at radius 3 is 2.12 bits per heavy atom. The minimum atomic E-state index is 0.426. The van der Waals surface area contributed by atoms with Crippen LogP contribution in [0.1, 0.15) is 65.2 Å². The first-order valence-electron chi connectivity index (χ1n) is 7.59. The van der Waals surface area contributed by atoms with Crippen molar-refractivity contribution in [3.63, 3.8) is 0 Å². The summed E-state index contributed by atoms with van der Waals surface area (Å²) in [5, 5.41) is 0. The van der Waals surface area contributed by atoms with E-state index in [1.54, 1.807) is 0 Å². The molecule has 1 aliphatic heterocycles. The SMILES string of the molecule is CCCC[C@@H]1C(N2CCCC2=O)[C@@H]1CCCC. The number of hydrogen-bond acceptors (Lipinski definition) is 1. The fraction of sp³-hybridized carbons (Fsp3) is 0.933. The molecule has 0 N–H and O–H groups in total. The second kappa shape index (κ2) is 5.88. The van der Waals surface area contributed by atoms with Gasteiger partial charge in [-0.15, -0.1) is 0 Å². The van der Waals surface area contributed by atoms with Gasteiger partial charge in [-0.2, -0.15) is 0 Å². The largest absolute Gasteiger partial charge is 0.339 e. The molecule has 2 nitrogen and oxygen atoms in total. The van der Waals surface area contributed by atoms with Crippen molar-refractivity contribution in [3.05, 3.63) is 0 Å². The lowest BCUT2D eigenvalue weighted by Crippen LogP contribution is -2.29. The average Bonchev–Trinajstić information content (AvgIpc) is 2.85. The number of nitrogens with zero attached hydrogens (tertiary/aromatic N) is 1. The Bertz CT molecular complexity index is 250. The van der Waals surface area contributed by atoms with Gasteiger partial charge in [-0.3, -0.25) is 4.79 Å². The molecule has 0 aromatic carbocycles. The Kier molecular flexibility index (Phi) is 4.47. The third-order valence-corrected chi connectivity index (χ3v) is 4.54. The first kappa shape index (κ1) is 12.9. The lowest BCUT2D eigenvalue weighted by molar-refractivity contribution is -0.128. The van der Waals surface area contributed by atoms with Gasteiger partial charge in [-0.25, -0.2) is 0 Å². The van der Waals surface area contributed by atoms with E-state index in [4.69, 9.17) is 0 Å². The fourth-order valence-corrected chi connectivity index (χ4v) is 3.52. The molecule has 1 unspecified atom stereocenters. The first-order valence-corrected chi connectivity index (χ1v) is 7.59. The second-order valence-electron chi connectivity index (χ2n) is 5.79. The molecule has 17 heavy (non-hydrogen) atoms.